The normalized spacial score (nSPS) is 11.7. The Balaban J connectivity index is 3.04. The van der Waals surface area contributed by atoms with E-state index in [1.165, 1.54) is 19.2 Å². The monoisotopic (exact) mass is 250 g/mol. The van der Waals surface area contributed by atoms with Gasteiger partial charge in [-0.2, -0.15) is 0 Å². The minimum Gasteiger partial charge on any atom is -0.497 e. The Bertz CT molecular complexity index is 364. The molecule has 0 radical (unpaired) electrons. The van der Waals surface area contributed by atoms with Crippen molar-refractivity contribution >= 4 is 14.0 Å². The average Bonchev–Trinajstić information content (AvgIpc) is 2.14. The van der Waals surface area contributed by atoms with E-state index < -0.39 is 15.2 Å². The lowest BCUT2D eigenvalue weighted by atomic mass is 10.3. The minimum absolute atomic E-state index is 0.219. The number of rotatable bonds is 3. The van der Waals surface area contributed by atoms with E-state index in [0.717, 1.165) is 5.19 Å². The zero-order valence-electron chi connectivity index (χ0n) is 9.26. The van der Waals surface area contributed by atoms with Gasteiger partial charge in [-0.3, -0.25) is 0 Å². The van der Waals surface area contributed by atoms with Crippen molar-refractivity contribution in [1.29, 1.82) is 0 Å². The van der Waals surface area contributed by atoms with Crippen LogP contribution in [0.15, 0.2) is 18.2 Å². The highest BCUT2D eigenvalue weighted by molar-refractivity contribution is 6.70. The molecular weight excluding hydrogens is 237 g/mol. The van der Waals surface area contributed by atoms with Crippen LogP contribution in [0.4, 0.5) is 13.2 Å². The van der Waals surface area contributed by atoms with Crippen molar-refractivity contribution in [3.8, 4) is 11.5 Å². The molecule has 0 aromatic heterocycles. The number of ether oxygens (including phenoxy) is 2. The van der Waals surface area contributed by atoms with Crippen LogP contribution in [0.2, 0.25) is 13.1 Å². The number of alkyl halides is 3. The van der Waals surface area contributed by atoms with Gasteiger partial charge in [0.1, 0.15) is 11.5 Å². The molecule has 2 nitrogen and oxygen atoms in total. The summed E-state index contributed by atoms with van der Waals surface area (Å²) >= 11 is 0. The van der Waals surface area contributed by atoms with Crippen molar-refractivity contribution in [1.82, 2.24) is 0 Å². The predicted molar refractivity (Wildman–Crippen MR) is 58.2 cm³/mol. The maximum absolute atomic E-state index is 12.1. The SMILES string of the molecule is COc1cc(OC(F)(F)F)cc([SiH](C)C)c1. The largest absolute Gasteiger partial charge is 0.573 e. The lowest BCUT2D eigenvalue weighted by molar-refractivity contribution is -0.274. The summed E-state index contributed by atoms with van der Waals surface area (Å²) in [7, 11) is 0.221. The molecule has 0 aliphatic rings. The molecule has 0 spiro atoms. The van der Waals surface area contributed by atoms with E-state index >= 15 is 0 Å². The van der Waals surface area contributed by atoms with Crippen molar-refractivity contribution in [2.45, 2.75) is 19.5 Å². The molecule has 1 rings (SSSR count). The summed E-state index contributed by atoms with van der Waals surface area (Å²) in [6.07, 6.45) is -4.66. The van der Waals surface area contributed by atoms with Crippen LogP contribution in [0.25, 0.3) is 0 Å². The van der Waals surface area contributed by atoms with Crippen molar-refractivity contribution in [2.75, 3.05) is 7.11 Å². The molecule has 0 saturated heterocycles. The van der Waals surface area contributed by atoms with Crippen molar-refractivity contribution in [3.63, 3.8) is 0 Å². The highest BCUT2D eigenvalue weighted by atomic mass is 28.3. The Morgan fingerprint density at radius 1 is 1.06 bits per heavy atom. The van der Waals surface area contributed by atoms with Gasteiger partial charge in [-0.25, -0.2) is 0 Å². The molecule has 1 aromatic carbocycles. The highest BCUT2D eigenvalue weighted by Crippen LogP contribution is 2.25. The van der Waals surface area contributed by atoms with Crippen LogP contribution >= 0.6 is 0 Å². The van der Waals surface area contributed by atoms with Gasteiger partial charge in [0.15, 0.2) is 0 Å². The fourth-order valence-corrected chi connectivity index (χ4v) is 2.23. The molecule has 0 heterocycles. The number of methoxy groups -OCH3 is 1. The van der Waals surface area contributed by atoms with Gasteiger partial charge in [0.05, 0.1) is 15.9 Å². The van der Waals surface area contributed by atoms with Crippen LogP contribution in [0.1, 0.15) is 0 Å². The lowest BCUT2D eigenvalue weighted by Gasteiger charge is -2.13. The highest BCUT2D eigenvalue weighted by Gasteiger charge is 2.31. The second-order valence-electron chi connectivity index (χ2n) is 3.64. The first-order valence-corrected chi connectivity index (χ1v) is 7.65. The number of benzene rings is 1. The Labute approximate surface area is 93.6 Å². The molecule has 0 atom stereocenters. The van der Waals surface area contributed by atoms with E-state index in [-0.39, 0.29) is 5.75 Å². The first-order valence-electron chi connectivity index (χ1n) is 4.76. The fourth-order valence-electron chi connectivity index (χ4n) is 1.24. The summed E-state index contributed by atoms with van der Waals surface area (Å²) < 4.78 is 45.0. The van der Waals surface area contributed by atoms with Crippen LogP contribution < -0.4 is 14.7 Å². The molecular formula is C10H13F3O2Si. The summed E-state index contributed by atoms with van der Waals surface area (Å²) in [5.74, 6) is 0.168. The lowest BCUT2D eigenvalue weighted by Crippen LogP contribution is -2.24. The average molecular weight is 250 g/mol. The van der Waals surface area contributed by atoms with Crippen LogP contribution in [-0.4, -0.2) is 22.3 Å². The van der Waals surface area contributed by atoms with Crippen molar-refractivity contribution in [3.05, 3.63) is 18.2 Å². The third kappa shape index (κ3) is 3.77. The molecule has 1 aromatic rings. The molecule has 90 valence electrons. The zero-order chi connectivity index (χ0) is 12.3. The number of hydrogen-bond donors (Lipinski definition) is 0. The molecule has 0 bridgehead atoms. The minimum atomic E-state index is -4.66. The van der Waals surface area contributed by atoms with E-state index in [4.69, 9.17) is 4.74 Å². The van der Waals surface area contributed by atoms with E-state index in [2.05, 4.69) is 4.74 Å². The molecule has 6 heteroatoms. The first-order chi connectivity index (χ1) is 7.31. The first kappa shape index (κ1) is 12.9. The van der Waals surface area contributed by atoms with Crippen LogP contribution in [0.5, 0.6) is 11.5 Å². The summed E-state index contributed by atoms with van der Waals surface area (Å²) in [6.45, 7) is 4.04. The fraction of sp³-hybridized carbons (Fsp3) is 0.400. The van der Waals surface area contributed by atoms with E-state index in [1.807, 2.05) is 13.1 Å². The maximum atomic E-state index is 12.1. The Hall–Kier alpha value is -1.17. The molecule has 0 N–H and O–H groups in total. The summed E-state index contributed by atoms with van der Waals surface area (Å²) in [6, 6.07) is 4.40. The second kappa shape index (κ2) is 4.78. The third-order valence-corrected chi connectivity index (χ3v) is 3.70. The molecule has 0 aliphatic heterocycles. The van der Waals surface area contributed by atoms with Gasteiger partial charge in [-0.1, -0.05) is 18.3 Å². The molecule has 0 unspecified atom stereocenters. The summed E-state index contributed by atoms with van der Waals surface area (Å²) in [5.41, 5.74) is 0. The summed E-state index contributed by atoms with van der Waals surface area (Å²) in [5, 5.41) is 0.874. The molecule has 0 saturated carbocycles. The van der Waals surface area contributed by atoms with Gasteiger partial charge < -0.3 is 9.47 Å². The van der Waals surface area contributed by atoms with Crippen molar-refractivity contribution < 1.29 is 22.6 Å². The van der Waals surface area contributed by atoms with Gasteiger partial charge in [0.25, 0.3) is 0 Å². The van der Waals surface area contributed by atoms with Crippen LogP contribution in [0.3, 0.4) is 0 Å². The number of hydrogen-bond acceptors (Lipinski definition) is 2. The maximum Gasteiger partial charge on any atom is 0.573 e. The van der Waals surface area contributed by atoms with Gasteiger partial charge >= 0.3 is 6.36 Å². The molecule has 16 heavy (non-hydrogen) atoms. The standard InChI is InChI=1S/C10H13F3O2Si/c1-14-7-4-8(15-10(11,12)13)6-9(5-7)16(2)3/h4-6,16H,1-3H3. The molecule has 0 fully saturated rings. The van der Waals surface area contributed by atoms with Gasteiger partial charge in [-0.15, -0.1) is 13.2 Å². The topological polar surface area (TPSA) is 18.5 Å². The Morgan fingerprint density at radius 3 is 2.06 bits per heavy atom. The molecule has 0 aliphatic carbocycles. The summed E-state index contributed by atoms with van der Waals surface area (Å²) in [4.78, 5) is 0. The Kier molecular flexibility index (Phi) is 3.85. The van der Waals surface area contributed by atoms with Crippen LogP contribution in [-0.2, 0) is 0 Å². The number of halogens is 3. The smallest absolute Gasteiger partial charge is 0.497 e. The van der Waals surface area contributed by atoms with Gasteiger partial charge in [0.2, 0.25) is 0 Å². The third-order valence-electron chi connectivity index (χ3n) is 2.04. The van der Waals surface area contributed by atoms with E-state index in [0.29, 0.717) is 5.75 Å². The van der Waals surface area contributed by atoms with Gasteiger partial charge in [0, 0.05) is 6.07 Å². The van der Waals surface area contributed by atoms with E-state index in [1.54, 1.807) is 6.07 Å². The van der Waals surface area contributed by atoms with Crippen molar-refractivity contribution in [2.24, 2.45) is 0 Å². The van der Waals surface area contributed by atoms with Gasteiger partial charge in [-0.05, 0) is 12.1 Å². The van der Waals surface area contributed by atoms with Crippen LogP contribution in [0, 0.1) is 0 Å². The molecule has 0 amide bonds. The quantitative estimate of drug-likeness (QED) is 0.766. The predicted octanol–water partition coefficient (Wildman–Crippen LogP) is 2.29. The second-order valence-corrected chi connectivity index (χ2v) is 6.62. The van der Waals surface area contributed by atoms with E-state index in [9.17, 15) is 13.2 Å². The zero-order valence-corrected chi connectivity index (χ0v) is 10.4. The Morgan fingerprint density at radius 2 is 1.62 bits per heavy atom.